The number of benzene rings is 1. The van der Waals surface area contributed by atoms with Crippen LogP contribution in [0.1, 0.15) is 36.2 Å². The topological polar surface area (TPSA) is 86.7 Å². The van der Waals surface area contributed by atoms with E-state index in [9.17, 15) is 27.6 Å². The van der Waals surface area contributed by atoms with Crippen LogP contribution in [0.5, 0.6) is 0 Å². The third-order valence-electron chi connectivity index (χ3n) is 3.71. The molecule has 2 N–H and O–H groups in total. The van der Waals surface area contributed by atoms with Gasteiger partial charge in [-0.15, -0.1) is 0 Å². The molecule has 1 unspecified atom stereocenters. The number of nitrogens with zero attached hydrogens (tertiary/aromatic N) is 1. The van der Waals surface area contributed by atoms with E-state index in [1.807, 2.05) is 0 Å². The van der Waals surface area contributed by atoms with Crippen molar-refractivity contribution in [2.75, 3.05) is 13.1 Å². The zero-order valence-electron chi connectivity index (χ0n) is 14.5. The van der Waals surface area contributed by atoms with Gasteiger partial charge in [-0.3, -0.25) is 9.59 Å². The zero-order chi connectivity index (χ0) is 19.9. The molecule has 0 fully saturated rings. The van der Waals surface area contributed by atoms with E-state index in [1.54, 1.807) is 0 Å². The quantitative estimate of drug-likeness (QED) is 0.731. The Morgan fingerprint density at radius 1 is 1.19 bits per heavy atom. The molecular weight excluding hydrogens is 353 g/mol. The molecule has 0 aliphatic rings. The normalized spacial score (nSPS) is 12.3. The Morgan fingerprint density at radius 3 is 2.23 bits per heavy atom. The number of alkyl halides is 3. The molecule has 0 aliphatic carbocycles. The summed E-state index contributed by atoms with van der Waals surface area (Å²) in [4.78, 5) is 35.8. The maximum Gasteiger partial charge on any atom is 0.389 e. The van der Waals surface area contributed by atoms with Gasteiger partial charge in [-0.05, 0) is 31.0 Å². The monoisotopic (exact) mass is 374 g/mol. The van der Waals surface area contributed by atoms with Crippen molar-refractivity contribution in [3.05, 3.63) is 35.4 Å². The Bertz CT molecular complexity index is 644. The molecule has 1 aromatic carbocycles. The minimum atomic E-state index is -4.26. The van der Waals surface area contributed by atoms with Crippen molar-refractivity contribution >= 4 is 17.8 Å². The molecule has 0 aromatic heterocycles. The van der Waals surface area contributed by atoms with Gasteiger partial charge in [0.15, 0.2) is 0 Å². The van der Waals surface area contributed by atoms with Crippen LogP contribution >= 0.6 is 0 Å². The van der Waals surface area contributed by atoms with E-state index in [1.165, 1.54) is 38.1 Å². The summed E-state index contributed by atoms with van der Waals surface area (Å²) in [5.41, 5.74) is 0.589. The summed E-state index contributed by atoms with van der Waals surface area (Å²) < 4.78 is 36.7. The van der Waals surface area contributed by atoms with Gasteiger partial charge >= 0.3 is 12.1 Å². The van der Waals surface area contributed by atoms with Crippen LogP contribution in [0.25, 0.3) is 0 Å². The van der Waals surface area contributed by atoms with E-state index in [4.69, 9.17) is 5.11 Å². The molecule has 2 amide bonds. The van der Waals surface area contributed by atoms with Gasteiger partial charge < -0.3 is 15.3 Å². The molecule has 0 heterocycles. The van der Waals surface area contributed by atoms with Gasteiger partial charge in [-0.2, -0.15) is 13.2 Å². The fourth-order valence-corrected chi connectivity index (χ4v) is 2.22. The number of hydrogen-bond donors (Lipinski definition) is 2. The summed E-state index contributed by atoms with van der Waals surface area (Å²) in [6, 6.07) is 4.44. The molecule has 0 saturated heterocycles. The first-order chi connectivity index (χ1) is 12.0. The standard InChI is InChI=1S/C17H21F3N2O4/c1-11(16(25)26)22(10-9-21-12(2)23)15(24)14-5-3-13(4-6-14)7-8-17(18,19)20/h3-6,11H,7-10H2,1-2H3,(H,21,23)(H,25,26). The zero-order valence-corrected chi connectivity index (χ0v) is 14.5. The smallest absolute Gasteiger partial charge is 0.389 e. The van der Waals surface area contributed by atoms with Crippen molar-refractivity contribution in [3.8, 4) is 0 Å². The number of amides is 2. The van der Waals surface area contributed by atoms with Gasteiger partial charge in [0.05, 0.1) is 0 Å². The molecule has 0 aliphatic heterocycles. The molecular formula is C17H21F3N2O4. The maximum absolute atomic E-state index is 12.6. The number of carboxylic acids is 1. The number of halogens is 3. The average Bonchev–Trinajstić information content (AvgIpc) is 2.55. The molecule has 9 heteroatoms. The van der Waals surface area contributed by atoms with E-state index in [-0.39, 0.29) is 31.0 Å². The second-order valence-electron chi connectivity index (χ2n) is 5.81. The lowest BCUT2D eigenvalue weighted by atomic mass is 10.1. The lowest BCUT2D eigenvalue weighted by Gasteiger charge is -2.26. The molecule has 6 nitrogen and oxygen atoms in total. The number of hydrogen-bond acceptors (Lipinski definition) is 3. The molecule has 1 atom stereocenters. The van der Waals surface area contributed by atoms with Crippen LogP contribution in [0.3, 0.4) is 0 Å². The van der Waals surface area contributed by atoms with Crippen LogP contribution < -0.4 is 5.32 Å². The van der Waals surface area contributed by atoms with Crippen molar-refractivity contribution in [3.63, 3.8) is 0 Å². The second kappa shape index (κ2) is 9.21. The molecule has 0 spiro atoms. The lowest BCUT2D eigenvalue weighted by molar-refractivity contribution is -0.141. The first kappa shape index (κ1) is 21.5. The number of rotatable bonds is 8. The number of nitrogens with one attached hydrogen (secondary N) is 1. The molecule has 1 aromatic rings. The highest BCUT2D eigenvalue weighted by Gasteiger charge is 2.27. The summed E-state index contributed by atoms with van der Waals surface area (Å²) in [5.74, 6) is -2.09. The first-order valence-electron chi connectivity index (χ1n) is 7.95. The highest BCUT2D eigenvalue weighted by Crippen LogP contribution is 2.22. The fourth-order valence-electron chi connectivity index (χ4n) is 2.22. The number of carbonyl (C=O) groups is 3. The summed E-state index contributed by atoms with van der Waals surface area (Å²) in [6.45, 7) is 2.71. The number of aryl methyl sites for hydroxylation is 1. The Balaban J connectivity index is 2.85. The van der Waals surface area contributed by atoms with Crippen molar-refractivity contribution in [2.24, 2.45) is 0 Å². The summed E-state index contributed by atoms with van der Waals surface area (Å²) in [5, 5.41) is 11.6. The van der Waals surface area contributed by atoms with Crippen LogP contribution in [-0.2, 0) is 16.0 Å². The van der Waals surface area contributed by atoms with Crippen LogP contribution in [0.2, 0.25) is 0 Å². The van der Waals surface area contributed by atoms with Crippen molar-refractivity contribution < 1.29 is 32.7 Å². The largest absolute Gasteiger partial charge is 0.480 e. The molecule has 0 radical (unpaired) electrons. The molecule has 1 rings (SSSR count). The minimum absolute atomic E-state index is 0.0122. The first-order valence-corrected chi connectivity index (χ1v) is 7.95. The van der Waals surface area contributed by atoms with E-state index < -0.39 is 30.5 Å². The average molecular weight is 374 g/mol. The molecule has 0 bridgehead atoms. The van der Waals surface area contributed by atoms with Crippen LogP contribution in [0, 0.1) is 0 Å². The highest BCUT2D eigenvalue weighted by atomic mass is 19.4. The Morgan fingerprint density at radius 2 is 1.77 bits per heavy atom. The number of carboxylic acid groups (broad SMARTS) is 1. The van der Waals surface area contributed by atoms with E-state index in [2.05, 4.69) is 5.32 Å². The van der Waals surface area contributed by atoms with Gasteiger partial charge in [0.1, 0.15) is 6.04 Å². The number of carbonyl (C=O) groups excluding carboxylic acids is 2. The summed E-state index contributed by atoms with van der Waals surface area (Å²) in [6.07, 6.45) is -5.42. The summed E-state index contributed by atoms with van der Waals surface area (Å²) >= 11 is 0. The third-order valence-corrected chi connectivity index (χ3v) is 3.71. The third kappa shape index (κ3) is 7.12. The van der Waals surface area contributed by atoms with E-state index in [0.29, 0.717) is 5.56 Å². The SMILES string of the molecule is CC(=O)NCCN(C(=O)c1ccc(CCC(F)(F)F)cc1)C(C)C(=O)O. The van der Waals surface area contributed by atoms with Crippen molar-refractivity contribution in [1.82, 2.24) is 10.2 Å². The van der Waals surface area contributed by atoms with Crippen LogP contribution in [0.15, 0.2) is 24.3 Å². The summed E-state index contributed by atoms with van der Waals surface area (Å²) in [7, 11) is 0. The predicted octanol–water partition coefficient (Wildman–Crippen LogP) is 2.23. The van der Waals surface area contributed by atoms with Gasteiger partial charge in [0.2, 0.25) is 5.91 Å². The minimum Gasteiger partial charge on any atom is -0.480 e. The van der Waals surface area contributed by atoms with Gasteiger partial charge in [-0.1, -0.05) is 12.1 Å². The molecule has 0 saturated carbocycles. The fraction of sp³-hybridized carbons (Fsp3) is 0.471. The Labute approximate surface area is 149 Å². The molecule has 26 heavy (non-hydrogen) atoms. The Kier molecular flexibility index (Phi) is 7.60. The van der Waals surface area contributed by atoms with Crippen LogP contribution in [-0.4, -0.2) is 53.1 Å². The number of aliphatic carboxylic acids is 1. The Hall–Kier alpha value is -2.58. The second-order valence-corrected chi connectivity index (χ2v) is 5.81. The molecule has 144 valence electrons. The van der Waals surface area contributed by atoms with E-state index in [0.717, 1.165) is 4.90 Å². The van der Waals surface area contributed by atoms with Crippen molar-refractivity contribution in [1.29, 1.82) is 0 Å². The van der Waals surface area contributed by atoms with Gasteiger partial charge in [-0.25, -0.2) is 4.79 Å². The van der Waals surface area contributed by atoms with E-state index >= 15 is 0 Å². The van der Waals surface area contributed by atoms with Gasteiger partial charge in [0, 0.05) is 32.0 Å². The van der Waals surface area contributed by atoms with Crippen molar-refractivity contribution in [2.45, 2.75) is 38.9 Å². The highest BCUT2D eigenvalue weighted by molar-refractivity contribution is 5.96. The predicted molar refractivity (Wildman–Crippen MR) is 87.6 cm³/mol. The van der Waals surface area contributed by atoms with Crippen LogP contribution in [0.4, 0.5) is 13.2 Å². The van der Waals surface area contributed by atoms with Gasteiger partial charge in [0.25, 0.3) is 5.91 Å². The maximum atomic E-state index is 12.6. The lowest BCUT2D eigenvalue weighted by Crippen LogP contribution is -2.46.